The summed E-state index contributed by atoms with van der Waals surface area (Å²) in [5.74, 6) is 1.12. The van der Waals surface area contributed by atoms with Crippen molar-refractivity contribution >= 4 is 34.8 Å². The van der Waals surface area contributed by atoms with Gasteiger partial charge in [-0.3, -0.25) is 0 Å². The van der Waals surface area contributed by atoms with Gasteiger partial charge in [-0.05, 0) is 23.7 Å². The Hall–Kier alpha value is -1.79. The van der Waals surface area contributed by atoms with Crippen LogP contribution in [0.2, 0.25) is 0 Å². The molecule has 2 N–H and O–H groups in total. The second kappa shape index (κ2) is 3.61. The smallest absolute Gasteiger partial charge is 0.222 e. The average molecular weight is 250 g/mol. The fourth-order valence-electron chi connectivity index (χ4n) is 1.78. The fourth-order valence-corrected chi connectivity index (χ4v) is 2.01. The van der Waals surface area contributed by atoms with Crippen LogP contribution in [0.25, 0.3) is 0 Å². The summed E-state index contributed by atoms with van der Waals surface area (Å²) in [5, 5.41) is 0.0760. The zero-order chi connectivity index (χ0) is 11.9. The Morgan fingerprint density at radius 2 is 2.35 bits per heavy atom. The zero-order valence-corrected chi connectivity index (χ0v) is 9.42. The van der Waals surface area contributed by atoms with Crippen molar-refractivity contribution in [2.24, 2.45) is 25.7 Å². The number of rotatable bonds is 2. The molecule has 1 unspecified atom stereocenters. The Balaban J connectivity index is 1.99. The first-order valence-corrected chi connectivity index (χ1v) is 5.32. The molecule has 17 heavy (non-hydrogen) atoms. The predicted octanol–water partition coefficient (Wildman–Crippen LogP) is 0.967. The minimum absolute atomic E-state index is 0.0760. The van der Waals surface area contributed by atoms with E-state index in [0.29, 0.717) is 23.7 Å². The lowest BCUT2D eigenvalue weighted by molar-refractivity contribution is 0.462. The summed E-state index contributed by atoms with van der Waals surface area (Å²) < 4.78 is 5.26. The molecule has 2 aliphatic heterocycles. The SMILES string of the molecule is NC1(Cc2ccco2)N=C(Cl)N=C2N=CN=C21. The van der Waals surface area contributed by atoms with Gasteiger partial charge in [0.1, 0.15) is 17.8 Å². The van der Waals surface area contributed by atoms with Crippen molar-refractivity contribution in [2.75, 3.05) is 0 Å². The fraction of sp³-hybridized carbons (Fsp3) is 0.200. The molecule has 3 heterocycles. The van der Waals surface area contributed by atoms with Gasteiger partial charge >= 0.3 is 0 Å². The van der Waals surface area contributed by atoms with Crippen LogP contribution in [0, 0.1) is 0 Å². The Morgan fingerprint density at radius 3 is 3.12 bits per heavy atom. The van der Waals surface area contributed by atoms with E-state index < -0.39 is 5.66 Å². The van der Waals surface area contributed by atoms with Gasteiger partial charge in [0.2, 0.25) is 5.29 Å². The molecule has 0 fully saturated rings. The van der Waals surface area contributed by atoms with E-state index in [4.69, 9.17) is 21.8 Å². The molecule has 86 valence electrons. The quantitative estimate of drug-likeness (QED) is 0.792. The molecule has 2 aliphatic rings. The van der Waals surface area contributed by atoms with Gasteiger partial charge < -0.3 is 10.2 Å². The molecule has 0 amide bonds. The summed E-state index contributed by atoms with van der Waals surface area (Å²) in [5.41, 5.74) is 5.65. The Bertz CT molecular complexity index is 572. The molecule has 6 nitrogen and oxygen atoms in total. The van der Waals surface area contributed by atoms with Crippen molar-refractivity contribution in [3.05, 3.63) is 24.2 Å². The van der Waals surface area contributed by atoms with Gasteiger partial charge in [0, 0.05) is 0 Å². The highest BCUT2D eigenvalue weighted by Crippen LogP contribution is 2.22. The molecule has 0 bridgehead atoms. The number of nitrogens with zero attached hydrogens (tertiary/aromatic N) is 4. The highest BCUT2D eigenvalue weighted by Gasteiger charge is 2.40. The molecule has 1 aromatic heterocycles. The highest BCUT2D eigenvalue weighted by molar-refractivity contribution is 6.68. The molecule has 0 spiro atoms. The summed E-state index contributed by atoms with van der Waals surface area (Å²) in [6.45, 7) is 0. The monoisotopic (exact) mass is 249 g/mol. The molecular formula is C10H8ClN5O. The molecule has 0 saturated carbocycles. The van der Waals surface area contributed by atoms with Crippen molar-refractivity contribution in [3.8, 4) is 0 Å². The van der Waals surface area contributed by atoms with Gasteiger partial charge in [-0.2, -0.15) is 4.99 Å². The Morgan fingerprint density at radius 1 is 1.47 bits per heavy atom. The maximum atomic E-state index is 6.20. The molecule has 0 aliphatic carbocycles. The first kappa shape index (κ1) is 10.4. The molecular weight excluding hydrogens is 242 g/mol. The minimum atomic E-state index is -1.07. The van der Waals surface area contributed by atoms with Gasteiger partial charge in [-0.15, -0.1) is 0 Å². The number of furan rings is 1. The molecule has 1 atom stereocenters. The number of hydrogen-bond donors (Lipinski definition) is 1. The Kier molecular flexibility index (Phi) is 2.20. The normalized spacial score (nSPS) is 26.4. The number of hydrogen-bond acceptors (Lipinski definition) is 6. The standard InChI is InChI=1S/C10H8ClN5O/c11-9-15-8-7(13-5-14-8)10(12,16-9)4-6-2-1-3-17-6/h1-3,5H,4,12H2. The van der Waals surface area contributed by atoms with E-state index in [0.717, 1.165) is 0 Å². The van der Waals surface area contributed by atoms with Crippen LogP contribution in [-0.2, 0) is 6.42 Å². The number of fused-ring (bicyclic) bond motifs is 1. The number of halogens is 1. The lowest BCUT2D eigenvalue weighted by Crippen LogP contribution is -2.52. The molecule has 3 rings (SSSR count). The second-order valence-corrected chi connectivity index (χ2v) is 4.06. The van der Waals surface area contributed by atoms with Gasteiger partial charge in [0.05, 0.1) is 12.7 Å². The summed E-state index contributed by atoms with van der Waals surface area (Å²) in [6.07, 6.45) is 3.33. The van der Waals surface area contributed by atoms with Crippen LogP contribution in [0.15, 0.2) is 42.8 Å². The van der Waals surface area contributed by atoms with Crippen molar-refractivity contribution < 1.29 is 4.42 Å². The van der Waals surface area contributed by atoms with Crippen molar-refractivity contribution in [3.63, 3.8) is 0 Å². The van der Waals surface area contributed by atoms with Gasteiger partial charge in [-0.1, -0.05) is 0 Å². The van der Waals surface area contributed by atoms with Crippen LogP contribution in [0.1, 0.15) is 5.76 Å². The number of nitrogens with two attached hydrogens (primary N) is 1. The van der Waals surface area contributed by atoms with Crippen LogP contribution in [0.5, 0.6) is 0 Å². The van der Waals surface area contributed by atoms with Crippen LogP contribution in [-0.4, -0.2) is 28.8 Å². The number of aliphatic imine (C=N–C) groups is 4. The molecule has 7 heteroatoms. The van der Waals surface area contributed by atoms with E-state index >= 15 is 0 Å². The van der Waals surface area contributed by atoms with Gasteiger partial charge in [0.15, 0.2) is 11.5 Å². The summed E-state index contributed by atoms with van der Waals surface area (Å²) >= 11 is 5.83. The third-order valence-corrected chi connectivity index (χ3v) is 2.67. The third kappa shape index (κ3) is 1.71. The third-order valence-electron chi connectivity index (χ3n) is 2.50. The van der Waals surface area contributed by atoms with Crippen LogP contribution < -0.4 is 5.73 Å². The zero-order valence-electron chi connectivity index (χ0n) is 8.67. The molecule has 1 aromatic rings. The van der Waals surface area contributed by atoms with E-state index in [2.05, 4.69) is 20.0 Å². The maximum absolute atomic E-state index is 6.20. The first-order chi connectivity index (χ1) is 8.17. The lowest BCUT2D eigenvalue weighted by Gasteiger charge is -2.26. The molecule has 0 aromatic carbocycles. The second-order valence-electron chi connectivity index (χ2n) is 3.72. The summed E-state index contributed by atoms with van der Waals surface area (Å²) in [4.78, 5) is 16.2. The topological polar surface area (TPSA) is 88.6 Å². The minimum Gasteiger partial charge on any atom is -0.469 e. The van der Waals surface area contributed by atoms with Crippen molar-refractivity contribution in [2.45, 2.75) is 12.1 Å². The molecule has 0 saturated heterocycles. The average Bonchev–Trinajstić information content (AvgIpc) is 2.87. The van der Waals surface area contributed by atoms with E-state index in [1.165, 1.54) is 6.34 Å². The van der Waals surface area contributed by atoms with Crippen LogP contribution >= 0.6 is 11.6 Å². The summed E-state index contributed by atoms with van der Waals surface area (Å²) in [6, 6.07) is 3.61. The van der Waals surface area contributed by atoms with E-state index in [1.807, 2.05) is 6.07 Å². The van der Waals surface area contributed by atoms with Gasteiger partial charge in [0.25, 0.3) is 0 Å². The Labute approximate surface area is 102 Å². The summed E-state index contributed by atoms with van der Waals surface area (Å²) in [7, 11) is 0. The first-order valence-electron chi connectivity index (χ1n) is 4.94. The van der Waals surface area contributed by atoms with Gasteiger partial charge in [-0.25, -0.2) is 15.0 Å². The predicted molar refractivity (Wildman–Crippen MR) is 66.0 cm³/mol. The highest BCUT2D eigenvalue weighted by atomic mass is 35.5. The van der Waals surface area contributed by atoms with E-state index in [-0.39, 0.29) is 5.29 Å². The van der Waals surface area contributed by atoms with E-state index in [1.54, 1.807) is 12.3 Å². The van der Waals surface area contributed by atoms with Crippen LogP contribution in [0.4, 0.5) is 0 Å². The van der Waals surface area contributed by atoms with Crippen LogP contribution in [0.3, 0.4) is 0 Å². The largest absolute Gasteiger partial charge is 0.469 e. The maximum Gasteiger partial charge on any atom is 0.222 e. The number of amidine groups is 2. The lowest BCUT2D eigenvalue weighted by atomic mass is 9.98. The van der Waals surface area contributed by atoms with Crippen molar-refractivity contribution in [1.29, 1.82) is 0 Å². The molecule has 0 radical (unpaired) electrons. The van der Waals surface area contributed by atoms with E-state index in [9.17, 15) is 0 Å². The van der Waals surface area contributed by atoms with Crippen molar-refractivity contribution in [1.82, 2.24) is 0 Å².